The summed E-state index contributed by atoms with van der Waals surface area (Å²) in [6.45, 7) is 6.28. The maximum Gasteiger partial charge on any atom is 0.137 e. The molecule has 0 aromatic carbocycles. The maximum absolute atomic E-state index is 5.96. The van der Waals surface area contributed by atoms with Crippen LogP contribution >= 0.6 is 0 Å². The minimum atomic E-state index is 0.635. The largest absolute Gasteiger partial charge is 0.383 e. The molecule has 1 aliphatic rings. The highest BCUT2D eigenvalue weighted by molar-refractivity contribution is 5.56. The third-order valence-corrected chi connectivity index (χ3v) is 3.43. The van der Waals surface area contributed by atoms with E-state index in [1.54, 1.807) is 0 Å². The van der Waals surface area contributed by atoms with Crippen molar-refractivity contribution < 1.29 is 0 Å². The fourth-order valence-corrected chi connectivity index (χ4v) is 2.32. The van der Waals surface area contributed by atoms with Gasteiger partial charge in [-0.25, -0.2) is 9.97 Å². The molecule has 0 bridgehead atoms. The van der Waals surface area contributed by atoms with E-state index in [0.29, 0.717) is 5.82 Å². The van der Waals surface area contributed by atoms with Crippen LogP contribution in [0.1, 0.15) is 44.0 Å². The van der Waals surface area contributed by atoms with Crippen LogP contribution in [0.15, 0.2) is 0 Å². The molecular weight excluding hydrogens is 212 g/mol. The van der Waals surface area contributed by atoms with E-state index in [2.05, 4.69) is 21.8 Å². The van der Waals surface area contributed by atoms with Gasteiger partial charge in [0.15, 0.2) is 0 Å². The molecule has 0 radical (unpaired) electrons. The van der Waals surface area contributed by atoms with Crippen molar-refractivity contribution >= 4 is 11.6 Å². The van der Waals surface area contributed by atoms with Crippen LogP contribution in [0, 0.1) is 6.92 Å². The summed E-state index contributed by atoms with van der Waals surface area (Å²) in [6, 6.07) is 0. The second-order valence-electron chi connectivity index (χ2n) is 4.73. The zero-order valence-corrected chi connectivity index (χ0v) is 10.9. The molecule has 2 heterocycles. The van der Waals surface area contributed by atoms with Crippen LogP contribution in [-0.4, -0.2) is 23.1 Å². The van der Waals surface area contributed by atoms with Crippen LogP contribution in [0.5, 0.6) is 0 Å². The number of anilines is 2. The normalized spacial score (nSPS) is 16.9. The number of rotatable bonds is 2. The second kappa shape index (κ2) is 5.34. The van der Waals surface area contributed by atoms with E-state index in [0.717, 1.165) is 36.7 Å². The average Bonchev–Trinajstić information content (AvgIpc) is 2.61. The standard InChI is InChI=1S/C13H22N4/c1-3-11-15-12(14)10(2)13(16-11)17-8-6-4-5-7-9-17/h3-9H2,1-2H3,(H2,14,15,16). The molecule has 1 aromatic heterocycles. The van der Waals surface area contributed by atoms with Gasteiger partial charge in [-0.1, -0.05) is 19.8 Å². The monoisotopic (exact) mass is 234 g/mol. The Morgan fingerprint density at radius 1 is 1.12 bits per heavy atom. The fourth-order valence-electron chi connectivity index (χ4n) is 2.32. The van der Waals surface area contributed by atoms with Crippen molar-refractivity contribution in [2.24, 2.45) is 0 Å². The maximum atomic E-state index is 5.96. The first kappa shape index (κ1) is 12.1. The number of nitrogens with two attached hydrogens (primary N) is 1. The van der Waals surface area contributed by atoms with Crippen LogP contribution in [0.25, 0.3) is 0 Å². The molecular formula is C13H22N4. The van der Waals surface area contributed by atoms with Gasteiger partial charge in [-0.2, -0.15) is 0 Å². The summed E-state index contributed by atoms with van der Waals surface area (Å²) in [5.74, 6) is 2.54. The Kier molecular flexibility index (Phi) is 3.82. The van der Waals surface area contributed by atoms with Gasteiger partial charge in [-0.15, -0.1) is 0 Å². The number of nitrogens with zero attached hydrogens (tertiary/aromatic N) is 3. The second-order valence-corrected chi connectivity index (χ2v) is 4.73. The van der Waals surface area contributed by atoms with Gasteiger partial charge in [-0.05, 0) is 19.8 Å². The van der Waals surface area contributed by atoms with Crippen LogP contribution in [0.2, 0.25) is 0 Å². The Morgan fingerprint density at radius 2 is 1.76 bits per heavy atom. The summed E-state index contributed by atoms with van der Waals surface area (Å²) in [4.78, 5) is 11.3. The van der Waals surface area contributed by atoms with Crippen LogP contribution in [0.4, 0.5) is 11.6 Å². The van der Waals surface area contributed by atoms with E-state index in [1.807, 2.05) is 6.92 Å². The quantitative estimate of drug-likeness (QED) is 0.853. The van der Waals surface area contributed by atoms with Crippen molar-refractivity contribution in [1.82, 2.24) is 9.97 Å². The van der Waals surface area contributed by atoms with E-state index in [9.17, 15) is 0 Å². The Balaban J connectivity index is 2.31. The van der Waals surface area contributed by atoms with Crippen molar-refractivity contribution in [1.29, 1.82) is 0 Å². The molecule has 0 amide bonds. The van der Waals surface area contributed by atoms with Gasteiger partial charge in [-0.3, -0.25) is 0 Å². The lowest BCUT2D eigenvalue weighted by atomic mass is 10.2. The summed E-state index contributed by atoms with van der Waals surface area (Å²) in [7, 11) is 0. The molecule has 4 nitrogen and oxygen atoms in total. The predicted octanol–water partition coefficient (Wildman–Crippen LogP) is 2.31. The minimum Gasteiger partial charge on any atom is -0.383 e. The first-order valence-corrected chi connectivity index (χ1v) is 6.60. The predicted molar refractivity (Wildman–Crippen MR) is 71.2 cm³/mol. The third-order valence-electron chi connectivity index (χ3n) is 3.43. The summed E-state index contributed by atoms with van der Waals surface area (Å²) in [5.41, 5.74) is 7.00. The lowest BCUT2D eigenvalue weighted by Crippen LogP contribution is -2.26. The van der Waals surface area contributed by atoms with Gasteiger partial charge in [0.25, 0.3) is 0 Å². The SMILES string of the molecule is CCc1nc(N)c(C)c(N2CCCCCC2)n1. The fraction of sp³-hybridized carbons (Fsp3) is 0.692. The Hall–Kier alpha value is -1.32. The molecule has 2 rings (SSSR count). The van der Waals surface area contributed by atoms with Gasteiger partial charge >= 0.3 is 0 Å². The summed E-state index contributed by atoms with van der Waals surface area (Å²) in [6.07, 6.45) is 6.01. The highest BCUT2D eigenvalue weighted by Crippen LogP contribution is 2.24. The van der Waals surface area contributed by atoms with Gasteiger partial charge in [0.1, 0.15) is 17.5 Å². The molecule has 1 saturated heterocycles. The summed E-state index contributed by atoms with van der Waals surface area (Å²) >= 11 is 0. The molecule has 94 valence electrons. The molecule has 1 aliphatic heterocycles. The van der Waals surface area contributed by atoms with Gasteiger partial charge in [0.05, 0.1) is 0 Å². The molecule has 4 heteroatoms. The molecule has 0 spiro atoms. The Morgan fingerprint density at radius 3 is 2.35 bits per heavy atom. The number of aromatic nitrogens is 2. The molecule has 1 fully saturated rings. The van der Waals surface area contributed by atoms with Crippen LogP contribution in [0.3, 0.4) is 0 Å². The minimum absolute atomic E-state index is 0.635. The topological polar surface area (TPSA) is 55.0 Å². The zero-order valence-electron chi connectivity index (χ0n) is 10.9. The van der Waals surface area contributed by atoms with Gasteiger partial charge in [0.2, 0.25) is 0 Å². The first-order chi connectivity index (χ1) is 8.22. The zero-order chi connectivity index (χ0) is 12.3. The Labute approximate surface area is 103 Å². The van der Waals surface area contributed by atoms with Gasteiger partial charge < -0.3 is 10.6 Å². The lowest BCUT2D eigenvalue weighted by molar-refractivity contribution is 0.726. The molecule has 0 unspecified atom stereocenters. The van der Waals surface area contributed by atoms with Crippen molar-refractivity contribution in [2.75, 3.05) is 23.7 Å². The Bertz CT molecular complexity index is 381. The van der Waals surface area contributed by atoms with E-state index in [1.165, 1.54) is 25.7 Å². The summed E-state index contributed by atoms with van der Waals surface area (Å²) in [5, 5.41) is 0. The smallest absolute Gasteiger partial charge is 0.137 e. The molecule has 0 saturated carbocycles. The molecule has 0 aliphatic carbocycles. The molecule has 1 aromatic rings. The average molecular weight is 234 g/mol. The van der Waals surface area contributed by atoms with E-state index in [-0.39, 0.29) is 0 Å². The first-order valence-electron chi connectivity index (χ1n) is 6.60. The van der Waals surface area contributed by atoms with Gasteiger partial charge in [0, 0.05) is 25.1 Å². The van der Waals surface area contributed by atoms with Crippen molar-refractivity contribution in [3.8, 4) is 0 Å². The highest BCUT2D eigenvalue weighted by Gasteiger charge is 2.16. The van der Waals surface area contributed by atoms with E-state index >= 15 is 0 Å². The number of nitrogen functional groups attached to an aromatic ring is 1. The third kappa shape index (κ3) is 2.68. The molecule has 17 heavy (non-hydrogen) atoms. The van der Waals surface area contributed by atoms with Crippen LogP contribution in [-0.2, 0) is 6.42 Å². The molecule has 2 N–H and O–H groups in total. The van der Waals surface area contributed by atoms with Crippen LogP contribution < -0.4 is 10.6 Å². The van der Waals surface area contributed by atoms with E-state index < -0.39 is 0 Å². The number of aryl methyl sites for hydroxylation is 1. The number of hydrogen-bond donors (Lipinski definition) is 1. The van der Waals surface area contributed by atoms with Crippen molar-refractivity contribution in [2.45, 2.75) is 46.0 Å². The molecule has 0 atom stereocenters. The summed E-state index contributed by atoms with van der Waals surface area (Å²) < 4.78 is 0. The van der Waals surface area contributed by atoms with E-state index in [4.69, 9.17) is 5.73 Å². The lowest BCUT2D eigenvalue weighted by Gasteiger charge is -2.24. The highest BCUT2D eigenvalue weighted by atomic mass is 15.2. The van der Waals surface area contributed by atoms with Crippen molar-refractivity contribution in [3.63, 3.8) is 0 Å². The van der Waals surface area contributed by atoms with Crippen molar-refractivity contribution in [3.05, 3.63) is 11.4 Å². The number of hydrogen-bond acceptors (Lipinski definition) is 4.